The highest BCUT2D eigenvalue weighted by molar-refractivity contribution is 6.34. The van der Waals surface area contributed by atoms with E-state index in [1.54, 1.807) is 6.07 Å². The number of hydrogen-bond donors (Lipinski definition) is 1. The zero-order valence-corrected chi connectivity index (χ0v) is 13.7. The summed E-state index contributed by atoms with van der Waals surface area (Å²) in [6.07, 6.45) is 0. The van der Waals surface area contributed by atoms with Crippen molar-refractivity contribution < 1.29 is 13.6 Å². The summed E-state index contributed by atoms with van der Waals surface area (Å²) in [4.78, 5) is 16.6. The minimum Gasteiger partial charge on any atom is -0.317 e. The first-order valence-electron chi connectivity index (χ1n) is 7.19. The number of fused-ring (bicyclic) bond motifs is 1. The van der Waals surface area contributed by atoms with Gasteiger partial charge in [-0.1, -0.05) is 29.3 Å². The Balaban J connectivity index is 2.05. The molecule has 6 heteroatoms. The second-order valence-electron chi connectivity index (χ2n) is 5.53. The van der Waals surface area contributed by atoms with E-state index in [1.165, 1.54) is 6.07 Å². The highest BCUT2D eigenvalue weighted by atomic mass is 35.5. The van der Waals surface area contributed by atoms with Gasteiger partial charge in [0.25, 0.3) is 5.91 Å². The third kappa shape index (κ3) is 2.95. The van der Waals surface area contributed by atoms with E-state index in [0.29, 0.717) is 5.52 Å². The minimum absolute atomic E-state index is 0.0244. The molecule has 0 aliphatic carbocycles. The number of amides is 1. The van der Waals surface area contributed by atoms with Gasteiger partial charge in [-0.2, -0.15) is 0 Å². The summed E-state index contributed by atoms with van der Waals surface area (Å²) < 4.78 is 27.4. The number of nitrogens with one attached hydrogen (secondary N) is 1. The van der Waals surface area contributed by atoms with Gasteiger partial charge >= 0.3 is 0 Å². The number of carbonyl (C=O) groups is 1. The van der Waals surface area contributed by atoms with Gasteiger partial charge in [0.05, 0.1) is 11.1 Å². The zero-order chi connectivity index (χ0) is 17.4. The molecule has 0 aliphatic heterocycles. The smallest absolute Gasteiger partial charge is 0.258 e. The second kappa shape index (κ2) is 6.17. The van der Waals surface area contributed by atoms with Crippen LogP contribution in [0.1, 0.15) is 21.5 Å². The largest absolute Gasteiger partial charge is 0.317 e. The van der Waals surface area contributed by atoms with E-state index in [0.717, 1.165) is 28.6 Å². The SMILES string of the molecule is Cc1cc(C)c2nc(Cl)c(C(=O)Nc3c(F)cccc3F)cc2c1. The van der Waals surface area contributed by atoms with Crippen molar-refractivity contribution in [3.8, 4) is 0 Å². The first-order chi connectivity index (χ1) is 11.4. The first kappa shape index (κ1) is 16.3. The molecule has 0 unspecified atom stereocenters. The van der Waals surface area contributed by atoms with Crippen molar-refractivity contribution in [3.05, 3.63) is 69.9 Å². The number of aryl methyl sites for hydroxylation is 2. The van der Waals surface area contributed by atoms with Gasteiger partial charge in [0.2, 0.25) is 0 Å². The zero-order valence-electron chi connectivity index (χ0n) is 13.0. The van der Waals surface area contributed by atoms with Crippen LogP contribution >= 0.6 is 11.6 Å². The van der Waals surface area contributed by atoms with Crippen LogP contribution in [-0.2, 0) is 0 Å². The lowest BCUT2D eigenvalue weighted by atomic mass is 10.1. The molecule has 0 saturated carbocycles. The topological polar surface area (TPSA) is 42.0 Å². The van der Waals surface area contributed by atoms with Gasteiger partial charge in [-0.05, 0) is 43.7 Å². The number of aromatic nitrogens is 1. The normalized spacial score (nSPS) is 10.9. The summed E-state index contributed by atoms with van der Waals surface area (Å²) in [5.74, 6) is -2.45. The average Bonchev–Trinajstić information content (AvgIpc) is 2.51. The molecule has 1 aromatic heterocycles. The standard InChI is InChI=1S/C18H13ClF2N2O/c1-9-6-10(2)15-11(7-9)8-12(17(19)22-15)18(24)23-16-13(20)4-3-5-14(16)21/h3-8H,1-2H3,(H,23,24). The van der Waals surface area contributed by atoms with Crippen LogP contribution in [0.5, 0.6) is 0 Å². The number of carbonyl (C=O) groups excluding carboxylic acids is 1. The predicted molar refractivity (Wildman–Crippen MR) is 90.5 cm³/mol. The van der Waals surface area contributed by atoms with Crippen LogP contribution in [0.2, 0.25) is 5.15 Å². The van der Waals surface area contributed by atoms with Gasteiger partial charge in [-0.25, -0.2) is 13.8 Å². The molecular weight excluding hydrogens is 334 g/mol. The number of pyridine rings is 1. The van der Waals surface area contributed by atoms with Crippen LogP contribution in [0, 0.1) is 25.5 Å². The van der Waals surface area contributed by atoms with Crippen molar-refractivity contribution in [3.63, 3.8) is 0 Å². The Kier molecular flexibility index (Phi) is 4.20. The summed E-state index contributed by atoms with van der Waals surface area (Å²) in [5, 5.41) is 2.92. The van der Waals surface area contributed by atoms with Gasteiger partial charge in [-0.15, -0.1) is 0 Å². The van der Waals surface area contributed by atoms with Gasteiger partial charge in [0.1, 0.15) is 22.5 Å². The Morgan fingerprint density at radius 2 is 1.79 bits per heavy atom. The maximum atomic E-state index is 13.7. The molecule has 1 heterocycles. The molecule has 3 nitrogen and oxygen atoms in total. The number of halogens is 3. The van der Waals surface area contributed by atoms with Crippen LogP contribution in [0.25, 0.3) is 10.9 Å². The molecule has 0 saturated heterocycles. The number of anilines is 1. The van der Waals surface area contributed by atoms with E-state index < -0.39 is 23.2 Å². The predicted octanol–water partition coefficient (Wildman–Crippen LogP) is 5.04. The minimum atomic E-state index is -0.861. The molecule has 0 aliphatic rings. The van der Waals surface area contributed by atoms with Crippen LogP contribution in [0.15, 0.2) is 36.4 Å². The van der Waals surface area contributed by atoms with E-state index >= 15 is 0 Å². The second-order valence-corrected chi connectivity index (χ2v) is 5.89. The van der Waals surface area contributed by atoms with Crippen LogP contribution in [-0.4, -0.2) is 10.9 Å². The molecule has 0 atom stereocenters. The molecule has 0 radical (unpaired) electrons. The van der Waals surface area contributed by atoms with Crippen molar-refractivity contribution in [2.24, 2.45) is 0 Å². The van der Waals surface area contributed by atoms with Gasteiger partial charge in [0, 0.05) is 5.39 Å². The molecule has 2 aromatic carbocycles. The lowest BCUT2D eigenvalue weighted by Crippen LogP contribution is -2.15. The average molecular weight is 347 g/mol. The number of hydrogen-bond acceptors (Lipinski definition) is 2. The fourth-order valence-corrected chi connectivity index (χ4v) is 2.81. The highest BCUT2D eigenvalue weighted by Gasteiger charge is 2.18. The molecule has 0 bridgehead atoms. The van der Waals surface area contributed by atoms with Crippen LogP contribution in [0.4, 0.5) is 14.5 Å². The molecule has 1 amide bonds. The Morgan fingerprint density at radius 1 is 1.12 bits per heavy atom. The van der Waals surface area contributed by atoms with Crippen molar-refractivity contribution in [2.45, 2.75) is 13.8 Å². The monoisotopic (exact) mass is 346 g/mol. The lowest BCUT2D eigenvalue weighted by Gasteiger charge is -2.10. The first-order valence-corrected chi connectivity index (χ1v) is 7.57. The van der Waals surface area contributed by atoms with Crippen LogP contribution < -0.4 is 5.32 Å². The van der Waals surface area contributed by atoms with E-state index in [2.05, 4.69) is 10.3 Å². The van der Waals surface area contributed by atoms with Crippen molar-refractivity contribution >= 4 is 34.1 Å². The highest BCUT2D eigenvalue weighted by Crippen LogP contribution is 2.26. The molecule has 24 heavy (non-hydrogen) atoms. The third-order valence-corrected chi connectivity index (χ3v) is 3.94. The summed E-state index contributed by atoms with van der Waals surface area (Å²) in [6.45, 7) is 3.82. The number of rotatable bonds is 2. The summed E-state index contributed by atoms with van der Waals surface area (Å²) in [6, 6.07) is 8.73. The Labute approximate surface area is 142 Å². The van der Waals surface area contributed by atoms with E-state index in [4.69, 9.17) is 11.6 Å². The number of para-hydroxylation sites is 1. The quantitative estimate of drug-likeness (QED) is 0.661. The third-order valence-electron chi connectivity index (χ3n) is 3.65. The van der Waals surface area contributed by atoms with Gasteiger partial charge in [0.15, 0.2) is 0 Å². The van der Waals surface area contributed by atoms with E-state index in [-0.39, 0.29) is 10.7 Å². The summed E-state index contributed by atoms with van der Waals surface area (Å²) in [5.41, 5.74) is 2.16. The fraction of sp³-hybridized carbons (Fsp3) is 0.111. The van der Waals surface area contributed by atoms with Crippen molar-refractivity contribution in [2.75, 3.05) is 5.32 Å². The molecule has 0 spiro atoms. The maximum absolute atomic E-state index is 13.7. The molecule has 3 rings (SSSR count). The molecule has 0 fully saturated rings. The van der Waals surface area contributed by atoms with Gasteiger partial charge in [-0.3, -0.25) is 4.79 Å². The summed E-state index contributed by atoms with van der Waals surface area (Å²) in [7, 11) is 0. The van der Waals surface area contributed by atoms with Crippen LogP contribution in [0.3, 0.4) is 0 Å². The Bertz CT molecular complexity index is 953. The van der Waals surface area contributed by atoms with Crippen molar-refractivity contribution in [1.82, 2.24) is 4.98 Å². The van der Waals surface area contributed by atoms with Crippen molar-refractivity contribution in [1.29, 1.82) is 0 Å². The van der Waals surface area contributed by atoms with Gasteiger partial charge < -0.3 is 5.32 Å². The molecular formula is C18H13ClF2N2O. The maximum Gasteiger partial charge on any atom is 0.258 e. The molecule has 3 aromatic rings. The summed E-state index contributed by atoms with van der Waals surface area (Å²) >= 11 is 6.10. The fourth-order valence-electron chi connectivity index (χ4n) is 2.59. The van der Waals surface area contributed by atoms with E-state index in [9.17, 15) is 13.6 Å². The number of benzene rings is 2. The Hall–Kier alpha value is -2.53. The lowest BCUT2D eigenvalue weighted by molar-refractivity contribution is 0.102. The molecule has 122 valence electrons. The molecule has 1 N–H and O–H groups in total. The number of nitrogens with zero attached hydrogens (tertiary/aromatic N) is 1. The van der Waals surface area contributed by atoms with E-state index in [1.807, 2.05) is 26.0 Å². The Morgan fingerprint density at radius 3 is 2.46 bits per heavy atom.